The molecular weight excluding hydrogens is 290 g/mol. The highest BCUT2D eigenvalue weighted by Crippen LogP contribution is 2.31. The third-order valence-corrected chi connectivity index (χ3v) is 5.15. The first-order valence-corrected chi connectivity index (χ1v) is 8.64. The fourth-order valence-corrected chi connectivity index (χ4v) is 4.00. The lowest BCUT2D eigenvalue weighted by Crippen LogP contribution is -2.45. The van der Waals surface area contributed by atoms with Crippen molar-refractivity contribution in [1.82, 2.24) is 15.2 Å². The molecule has 1 saturated heterocycles. The SMILES string of the molecule is c1csc(C(c2ccc3ccccc3n2)N2CCNCC2)c1. The predicted molar refractivity (Wildman–Crippen MR) is 92.3 cm³/mol. The zero-order valence-electron chi connectivity index (χ0n) is 12.4. The van der Waals surface area contributed by atoms with E-state index >= 15 is 0 Å². The van der Waals surface area contributed by atoms with Gasteiger partial charge in [-0.25, -0.2) is 0 Å². The van der Waals surface area contributed by atoms with Crippen molar-refractivity contribution in [3.05, 3.63) is 64.5 Å². The number of nitrogens with one attached hydrogen (secondary N) is 1. The van der Waals surface area contributed by atoms with Gasteiger partial charge in [0.1, 0.15) is 0 Å². The van der Waals surface area contributed by atoms with Gasteiger partial charge in [0.2, 0.25) is 0 Å². The van der Waals surface area contributed by atoms with Crippen LogP contribution in [0.5, 0.6) is 0 Å². The fourth-order valence-electron chi connectivity index (χ4n) is 3.13. The van der Waals surface area contributed by atoms with Crippen molar-refractivity contribution < 1.29 is 0 Å². The van der Waals surface area contributed by atoms with Gasteiger partial charge in [0, 0.05) is 36.4 Å². The molecule has 0 saturated carbocycles. The molecule has 1 aliphatic rings. The van der Waals surface area contributed by atoms with E-state index in [0.29, 0.717) is 0 Å². The molecule has 1 aromatic carbocycles. The molecular formula is C18H19N3S. The van der Waals surface area contributed by atoms with E-state index in [2.05, 4.69) is 64.1 Å². The first kappa shape index (κ1) is 13.9. The lowest BCUT2D eigenvalue weighted by atomic mass is 10.1. The zero-order chi connectivity index (χ0) is 14.8. The number of para-hydroxylation sites is 1. The van der Waals surface area contributed by atoms with Crippen LogP contribution in [0, 0.1) is 0 Å². The number of aromatic nitrogens is 1. The van der Waals surface area contributed by atoms with E-state index in [1.54, 1.807) is 0 Å². The number of thiophene rings is 1. The van der Waals surface area contributed by atoms with Gasteiger partial charge >= 0.3 is 0 Å². The Morgan fingerprint density at radius 1 is 1.00 bits per heavy atom. The van der Waals surface area contributed by atoms with Crippen molar-refractivity contribution >= 4 is 22.2 Å². The van der Waals surface area contributed by atoms with Crippen LogP contribution < -0.4 is 5.32 Å². The molecule has 0 spiro atoms. The van der Waals surface area contributed by atoms with Gasteiger partial charge in [-0.15, -0.1) is 11.3 Å². The second-order valence-electron chi connectivity index (χ2n) is 5.63. The molecule has 2 aromatic heterocycles. The van der Waals surface area contributed by atoms with Gasteiger partial charge in [-0.3, -0.25) is 9.88 Å². The molecule has 3 aromatic rings. The molecule has 0 aliphatic carbocycles. The molecule has 3 heterocycles. The minimum absolute atomic E-state index is 0.270. The smallest absolute Gasteiger partial charge is 0.0871 e. The number of benzene rings is 1. The number of nitrogens with zero attached hydrogens (tertiary/aromatic N) is 2. The van der Waals surface area contributed by atoms with Gasteiger partial charge in [0.05, 0.1) is 17.3 Å². The molecule has 0 amide bonds. The Balaban J connectivity index is 1.78. The van der Waals surface area contributed by atoms with Gasteiger partial charge in [-0.1, -0.05) is 30.3 Å². The molecule has 3 nitrogen and oxygen atoms in total. The molecule has 0 bridgehead atoms. The zero-order valence-corrected chi connectivity index (χ0v) is 13.2. The lowest BCUT2D eigenvalue weighted by molar-refractivity contribution is 0.198. The monoisotopic (exact) mass is 309 g/mol. The summed E-state index contributed by atoms with van der Waals surface area (Å²) in [7, 11) is 0. The van der Waals surface area contributed by atoms with E-state index in [9.17, 15) is 0 Å². The number of pyridine rings is 1. The summed E-state index contributed by atoms with van der Waals surface area (Å²) in [6, 6.07) is 17.4. The molecule has 1 N–H and O–H groups in total. The maximum atomic E-state index is 4.95. The van der Waals surface area contributed by atoms with Crippen LogP contribution in [0.3, 0.4) is 0 Å². The number of piperazine rings is 1. The van der Waals surface area contributed by atoms with E-state index < -0.39 is 0 Å². The van der Waals surface area contributed by atoms with Crippen molar-refractivity contribution in [3.63, 3.8) is 0 Å². The van der Waals surface area contributed by atoms with Crippen LogP contribution in [0.1, 0.15) is 16.6 Å². The van der Waals surface area contributed by atoms with E-state index in [1.165, 1.54) is 10.3 Å². The molecule has 1 fully saturated rings. The van der Waals surface area contributed by atoms with E-state index in [1.807, 2.05) is 11.3 Å². The average molecular weight is 309 g/mol. The minimum atomic E-state index is 0.270. The largest absolute Gasteiger partial charge is 0.314 e. The van der Waals surface area contributed by atoms with E-state index in [0.717, 1.165) is 37.4 Å². The van der Waals surface area contributed by atoms with Crippen LogP contribution in [0.2, 0.25) is 0 Å². The maximum absolute atomic E-state index is 4.95. The van der Waals surface area contributed by atoms with Crippen molar-refractivity contribution in [3.8, 4) is 0 Å². The normalized spacial score (nSPS) is 17.6. The highest BCUT2D eigenvalue weighted by Gasteiger charge is 2.25. The lowest BCUT2D eigenvalue weighted by Gasteiger charge is -2.34. The van der Waals surface area contributed by atoms with Crippen LogP contribution in [-0.2, 0) is 0 Å². The van der Waals surface area contributed by atoms with Gasteiger partial charge in [-0.2, -0.15) is 0 Å². The number of fused-ring (bicyclic) bond motifs is 1. The van der Waals surface area contributed by atoms with Gasteiger partial charge in [-0.05, 0) is 23.6 Å². The summed E-state index contributed by atoms with van der Waals surface area (Å²) >= 11 is 1.82. The summed E-state index contributed by atoms with van der Waals surface area (Å²) in [5.74, 6) is 0. The summed E-state index contributed by atoms with van der Waals surface area (Å²) in [5.41, 5.74) is 2.24. The highest BCUT2D eigenvalue weighted by atomic mass is 32.1. The highest BCUT2D eigenvalue weighted by molar-refractivity contribution is 7.10. The van der Waals surface area contributed by atoms with Crippen molar-refractivity contribution in [2.24, 2.45) is 0 Å². The van der Waals surface area contributed by atoms with Crippen molar-refractivity contribution in [2.75, 3.05) is 26.2 Å². The molecule has 112 valence electrons. The predicted octanol–water partition coefficient (Wildman–Crippen LogP) is 3.29. The second-order valence-corrected chi connectivity index (χ2v) is 6.61. The van der Waals surface area contributed by atoms with Crippen LogP contribution in [0.4, 0.5) is 0 Å². The Hall–Kier alpha value is -1.75. The van der Waals surface area contributed by atoms with Crippen LogP contribution in [0.15, 0.2) is 53.9 Å². The van der Waals surface area contributed by atoms with Gasteiger partial charge in [0.15, 0.2) is 0 Å². The number of hydrogen-bond donors (Lipinski definition) is 1. The molecule has 22 heavy (non-hydrogen) atoms. The average Bonchev–Trinajstić information content (AvgIpc) is 3.10. The first-order valence-electron chi connectivity index (χ1n) is 7.76. The Bertz CT molecular complexity index is 748. The Morgan fingerprint density at radius 2 is 1.86 bits per heavy atom. The topological polar surface area (TPSA) is 28.2 Å². The minimum Gasteiger partial charge on any atom is -0.314 e. The van der Waals surface area contributed by atoms with Gasteiger partial charge < -0.3 is 5.32 Å². The fraction of sp³-hybridized carbons (Fsp3) is 0.278. The Labute approximate surface area is 134 Å². The third kappa shape index (κ3) is 2.65. The Morgan fingerprint density at radius 3 is 2.68 bits per heavy atom. The van der Waals surface area contributed by atoms with E-state index in [-0.39, 0.29) is 6.04 Å². The molecule has 4 heteroatoms. The molecule has 1 atom stereocenters. The maximum Gasteiger partial charge on any atom is 0.0871 e. The third-order valence-electron chi connectivity index (χ3n) is 4.23. The first-order chi connectivity index (χ1) is 10.9. The second kappa shape index (κ2) is 6.16. The van der Waals surface area contributed by atoms with Crippen molar-refractivity contribution in [2.45, 2.75) is 6.04 Å². The molecule has 1 unspecified atom stereocenters. The van der Waals surface area contributed by atoms with E-state index in [4.69, 9.17) is 4.98 Å². The summed E-state index contributed by atoms with van der Waals surface area (Å²) in [4.78, 5) is 8.87. The molecule has 0 radical (unpaired) electrons. The molecule has 1 aliphatic heterocycles. The number of hydrogen-bond acceptors (Lipinski definition) is 4. The van der Waals surface area contributed by atoms with Crippen LogP contribution in [0.25, 0.3) is 10.9 Å². The Kier molecular flexibility index (Phi) is 3.89. The standard InChI is InChI=1S/C18H19N3S/c1-2-5-15-14(4-1)7-8-16(20-15)18(17-6-3-13-22-17)21-11-9-19-10-12-21/h1-8,13,18-19H,9-12H2. The summed E-state index contributed by atoms with van der Waals surface area (Å²) in [6.07, 6.45) is 0. The number of rotatable bonds is 3. The van der Waals surface area contributed by atoms with Crippen LogP contribution in [-0.4, -0.2) is 36.1 Å². The van der Waals surface area contributed by atoms with Crippen molar-refractivity contribution in [1.29, 1.82) is 0 Å². The van der Waals surface area contributed by atoms with Gasteiger partial charge in [0.25, 0.3) is 0 Å². The summed E-state index contributed by atoms with van der Waals surface area (Å²) < 4.78 is 0. The quantitative estimate of drug-likeness (QED) is 0.805. The van der Waals surface area contributed by atoms with Crippen LogP contribution >= 0.6 is 11.3 Å². The summed E-state index contributed by atoms with van der Waals surface area (Å²) in [5, 5.41) is 6.80. The summed E-state index contributed by atoms with van der Waals surface area (Å²) in [6.45, 7) is 4.24. The molecule has 4 rings (SSSR count).